The smallest absolute Gasteiger partial charge is 0.141 e. The summed E-state index contributed by atoms with van der Waals surface area (Å²) in [6.45, 7) is 0. The lowest BCUT2D eigenvalue weighted by Gasteiger charge is -2.48. The van der Waals surface area contributed by atoms with Crippen LogP contribution in [0, 0.1) is 0 Å². The predicted molar refractivity (Wildman–Crippen MR) is 164 cm³/mol. The summed E-state index contributed by atoms with van der Waals surface area (Å²) in [7, 11) is 0. The Hall–Kier alpha value is -4.43. The molecule has 1 aliphatic carbocycles. The number of benzene rings is 6. The van der Waals surface area contributed by atoms with Crippen molar-refractivity contribution in [3.63, 3.8) is 0 Å². The van der Waals surface area contributed by atoms with Crippen molar-refractivity contribution in [3.8, 4) is 11.1 Å². The molecule has 6 aromatic carbocycles. The second-order valence-corrected chi connectivity index (χ2v) is 10.8. The Kier molecular flexibility index (Phi) is 5.93. The molecule has 0 spiro atoms. The van der Waals surface area contributed by atoms with Crippen LogP contribution in [-0.4, -0.2) is 5.11 Å². The van der Waals surface area contributed by atoms with E-state index in [1.165, 1.54) is 0 Å². The van der Waals surface area contributed by atoms with Gasteiger partial charge in [-0.2, -0.15) is 0 Å². The Morgan fingerprint density at radius 1 is 0.425 bits per heavy atom. The van der Waals surface area contributed by atoms with Crippen LogP contribution in [0.5, 0.6) is 0 Å². The van der Waals surface area contributed by atoms with E-state index in [-0.39, 0.29) is 0 Å². The molecule has 1 N–H and O–H groups in total. The van der Waals surface area contributed by atoms with Crippen LogP contribution in [0.2, 0.25) is 5.02 Å². The van der Waals surface area contributed by atoms with Crippen LogP contribution in [0.15, 0.2) is 158 Å². The van der Waals surface area contributed by atoms with Gasteiger partial charge in [0.1, 0.15) is 5.60 Å². The van der Waals surface area contributed by atoms with Crippen LogP contribution >= 0.6 is 11.6 Å². The van der Waals surface area contributed by atoms with Crippen LogP contribution in [0.3, 0.4) is 0 Å². The Morgan fingerprint density at radius 3 is 1.40 bits per heavy atom. The topological polar surface area (TPSA) is 20.2 Å². The molecule has 40 heavy (non-hydrogen) atoms. The van der Waals surface area contributed by atoms with Crippen molar-refractivity contribution in [1.29, 1.82) is 0 Å². The van der Waals surface area contributed by atoms with Gasteiger partial charge in [-0.05, 0) is 56.6 Å². The summed E-state index contributed by atoms with van der Waals surface area (Å²) in [4.78, 5) is 0. The van der Waals surface area contributed by atoms with Crippen molar-refractivity contribution >= 4 is 11.6 Å². The van der Waals surface area contributed by atoms with Crippen LogP contribution in [0.1, 0.15) is 38.9 Å². The Bertz CT molecular complexity index is 1740. The first-order chi connectivity index (χ1) is 19.6. The van der Waals surface area contributed by atoms with Gasteiger partial charge in [-0.3, -0.25) is 0 Å². The van der Waals surface area contributed by atoms with Crippen LogP contribution < -0.4 is 0 Å². The largest absolute Gasteiger partial charge is 0.376 e. The SMILES string of the molecule is OC1(c2ccccc2-c2cccc(Cl)c2)c2ccccc2C(c2ccccc2)(c2ccccc2)c2ccccc21. The van der Waals surface area contributed by atoms with E-state index in [1.54, 1.807) is 0 Å². The van der Waals surface area contributed by atoms with Gasteiger partial charge in [0.2, 0.25) is 0 Å². The monoisotopic (exact) mass is 534 g/mol. The number of hydrogen-bond donors (Lipinski definition) is 1. The van der Waals surface area contributed by atoms with E-state index in [2.05, 4.69) is 103 Å². The average molecular weight is 535 g/mol. The molecule has 192 valence electrons. The maximum absolute atomic E-state index is 13.3. The number of hydrogen-bond acceptors (Lipinski definition) is 1. The number of fused-ring (bicyclic) bond motifs is 2. The summed E-state index contributed by atoms with van der Waals surface area (Å²) in [5.41, 5.74) is 6.91. The summed E-state index contributed by atoms with van der Waals surface area (Å²) in [5.74, 6) is 0. The van der Waals surface area contributed by atoms with Gasteiger partial charge < -0.3 is 5.11 Å². The average Bonchev–Trinajstić information content (AvgIpc) is 3.02. The van der Waals surface area contributed by atoms with Crippen molar-refractivity contribution in [3.05, 3.63) is 202 Å². The molecule has 0 heterocycles. The summed E-state index contributed by atoms with van der Waals surface area (Å²) >= 11 is 6.44. The number of halogens is 1. The van der Waals surface area contributed by atoms with Gasteiger partial charge in [0.25, 0.3) is 0 Å². The maximum atomic E-state index is 13.3. The summed E-state index contributed by atoms with van der Waals surface area (Å²) in [6.07, 6.45) is 0. The van der Waals surface area contributed by atoms with Crippen molar-refractivity contribution in [1.82, 2.24) is 0 Å². The fourth-order valence-corrected chi connectivity index (χ4v) is 6.89. The quantitative estimate of drug-likeness (QED) is 0.239. The molecule has 0 atom stereocenters. The molecule has 1 nitrogen and oxygen atoms in total. The van der Waals surface area contributed by atoms with E-state index >= 15 is 0 Å². The lowest BCUT2D eigenvalue weighted by Crippen LogP contribution is -2.45. The second kappa shape index (κ2) is 9.64. The molecule has 0 aromatic heterocycles. The molecule has 0 radical (unpaired) electrons. The molecule has 0 saturated carbocycles. The van der Waals surface area contributed by atoms with Crippen molar-refractivity contribution in [2.75, 3.05) is 0 Å². The van der Waals surface area contributed by atoms with Gasteiger partial charge in [-0.15, -0.1) is 0 Å². The fourth-order valence-electron chi connectivity index (χ4n) is 6.70. The van der Waals surface area contributed by atoms with Crippen LogP contribution in [0.4, 0.5) is 0 Å². The van der Waals surface area contributed by atoms with Gasteiger partial charge in [0.15, 0.2) is 0 Å². The minimum Gasteiger partial charge on any atom is -0.376 e. The Labute approximate surface area is 240 Å². The molecular formula is C38H27ClO. The third kappa shape index (κ3) is 3.52. The number of aliphatic hydroxyl groups is 1. The molecule has 0 aliphatic heterocycles. The molecule has 0 amide bonds. The maximum Gasteiger partial charge on any atom is 0.141 e. The highest BCUT2D eigenvalue weighted by Gasteiger charge is 2.52. The first-order valence-corrected chi connectivity index (χ1v) is 13.9. The molecule has 6 aromatic rings. The van der Waals surface area contributed by atoms with Crippen molar-refractivity contribution < 1.29 is 5.11 Å². The molecule has 2 heteroatoms. The highest BCUT2D eigenvalue weighted by Crippen LogP contribution is 2.57. The van der Waals surface area contributed by atoms with Gasteiger partial charge >= 0.3 is 0 Å². The highest BCUT2D eigenvalue weighted by molar-refractivity contribution is 6.30. The minimum atomic E-state index is -1.40. The van der Waals surface area contributed by atoms with E-state index in [4.69, 9.17) is 11.6 Å². The third-order valence-corrected chi connectivity index (χ3v) is 8.54. The zero-order valence-electron chi connectivity index (χ0n) is 21.8. The Morgan fingerprint density at radius 2 is 0.875 bits per heavy atom. The van der Waals surface area contributed by atoms with Crippen molar-refractivity contribution in [2.24, 2.45) is 0 Å². The van der Waals surface area contributed by atoms with Gasteiger partial charge in [0, 0.05) is 10.6 Å². The van der Waals surface area contributed by atoms with Crippen molar-refractivity contribution in [2.45, 2.75) is 11.0 Å². The molecule has 1 aliphatic rings. The first-order valence-electron chi connectivity index (χ1n) is 13.5. The molecular weight excluding hydrogens is 508 g/mol. The second-order valence-electron chi connectivity index (χ2n) is 10.3. The van der Waals surface area contributed by atoms with Gasteiger partial charge in [-0.1, -0.05) is 157 Å². The summed E-state index contributed by atoms with van der Waals surface area (Å²) in [5, 5.41) is 13.9. The summed E-state index contributed by atoms with van der Waals surface area (Å²) < 4.78 is 0. The fraction of sp³-hybridized carbons (Fsp3) is 0.0526. The van der Waals surface area contributed by atoms with E-state index < -0.39 is 11.0 Å². The standard InChI is InChI=1S/C38H27ClO/c39-30-19-13-14-27(26-30)31-20-7-8-21-32(31)38(40)35-24-11-9-22-33(35)37(28-15-3-1-4-16-28,29-17-5-2-6-18-29)34-23-10-12-25-36(34)38/h1-26,40H. The normalized spacial score (nSPS) is 14.7. The highest BCUT2D eigenvalue weighted by atomic mass is 35.5. The lowest BCUT2D eigenvalue weighted by molar-refractivity contribution is 0.119. The zero-order chi connectivity index (χ0) is 27.2. The minimum absolute atomic E-state index is 0.618. The van der Waals surface area contributed by atoms with E-state index in [1.807, 2.05) is 54.6 Å². The zero-order valence-corrected chi connectivity index (χ0v) is 22.6. The first kappa shape index (κ1) is 24.6. The van der Waals surface area contributed by atoms with Gasteiger partial charge in [-0.25, -0.2) is 0 Å². The van der Waals surface area contributed by atoms with E-state index in [0.717, 1.165) is 50.1 Å². The van der Waals surface area contributed by atoms with Gasteiger partial charge in [0.05, 0.1) is 5.41 Å². The van der Waals surface area contributed by atoms with Crippen LogP contribution in [0.25, 0.3) is 11.1 Å². The molecule has 0 fully saturated rings. The predicted octanol–water partition coefficient (Wildman–Crippen LogP) is 8.99. The molecule has 0 unspecified atom stereocenters. The van der Waals surface area contributed by atoms with E-state index in [0.29, 0.717) is 5.02 Å². The third-order valence-electron chi connectivity index (χ3n) is 8.31. The summed E-state index contributed by atoms with van der Waals surface area (Å²) in [6, 6.07) is 54.0. The van der Waals surface area contributed by atoms with Crippen LogP contribution in [-0.2, 0) is 11.0 Å². The molecule has 0 saturated heterocycles. The molecule has 0 bridgehead atoms. The lowest BCUT2D eigenvalue weighted by atomic mass is 9.55. The van der Waals surface area contributed by atoms with E-state index in [9.17, 15) is 5.11 Å². The molecule has 7 rings (SSSR count). The Balaban J connectivity index is 1.63. The number of rotatable bonds is 4.